The van der Waals surface area contributed by atoms with Crippen molar-refractivity contribution in [2.75, 3.05) is 0 Å². The highest BCUT2D eigenvalue weighted by molar-refractivity contribution is 7.66. The number of fused-ring (bicyclic) bond motifs is 3. The number of benzene rings is 2. The molecule has 0 saturated heterocycles. The van der Waals surface area contributed by atoms with Crippen LogP contribution in [0.25, 0.3) is 11.1 Å². The molecule has 1 aliphatic rings. The third-order valence-corrected chi connectivity index (χ3v) is 4.37. The summed E-state index contributed by atoms with van der Waals surface area (Å²) in [6, 6.07) is 14.2. The van der Waals surface area contributed by atoms with Crippen LogP contribution in [0.5, 0.6) is 5.75 Å². The molecular formula is C12H8NO3P. The normalized spacial score (nSPS) is 20.9. The van der Waals surface area contributed by atoms with Crippen molar-refractivity contribution in [1.82, 2.24) is 0 Å². The van der Waals surface area contributed by atoms with Crippen LogP contribution in [0.2, 0.25) is 0 Å². The van der Waals surface area contributed by atoms with Gasteiger partial charge in [-0.15, -0.1) is 4.91 Å². The van der Waals surface area contributed by atoms with E-state index in [0.29, 0.717) is 11.1 Å². The zero-order valence-electron chi connectivity index (χ0n) is 8.74. The van der Waals surface area contributed by atoms with E-state index in [9.17, 15) is 9.47 Å². The highest BCUT2D eigenvalue weighted by Crippen LogP contribution is 2.55. The lowest BCUT2D eigenvalue weighted by molar-refractivity contribution is 0.492. The summed E-state index contributed by atoms with van der Waals surface area (Å²) in [6.07, 6.45) is 0. The van der Waals surface area contributed by atoms with Crippen molar-refractivity contribution in [2.24, 2.45) is 4.95 Å². The van der Waals surface area contributed by atoms with Crippen molar-refractivity contribution < 1.29 is 9.09 Å². The predicted molar refractivity (Wildman–Crippen MR) is 65.5 cm³/mol. The van der Waals surface area contributed by atoms with Gasteiger partial charge in [0.15, 0.2) is 0 Å². The van der Waals surface area contributed by atoms with Crippen LogP contribution >= 0.6 is 7.52 Å². The van der Waals surface area contributed by atoms with Crippen molar-refractivity contribution in [2.45, 2.75) is 0 Å². The van der Waals surface area contributed by atoms with Crippen LogP contribution < -0.4 is 9.83 Å². The average Bonchev–Trinajstić information content (AvgIpc) is 2.39. The lowest BCUT2D eigenvalue weighted by Crippen LogP contribution is -2.15. The summed E-state index contributed by atoms with van der Waals surface area (Å²) in [5, 5.41) is 0.369. The van der Waals surface area contributed by atoms with Crippen molar-refractivity contribution >= 4 is 12.8 Å². The van der Waals surface area contributed by atoms with E-state index < -0.39 is 7.52 Å². The van der Waals surface area contributed by atoms with E-state index in [4.69, 9.17) is 4.52 Å². The second kappa shape index (κ2) is 3.54. The van der Waals surface area contributed by atoms with Crippen LogP contribution in [0, 0.1) is 4.91 Å². The maximum absolute atomic E-state index is 12.3. The molecule has 0 radical (unpaired) electrons. The Bertz CT molecular complexity index is 654. The molecule has 5 heteroatoms. The SMILES string of the molecule is O=NP1(=O)Oc2ccccc2-c2ccccc21. The first kappa shape index (κ1) is 10.2. The van der Waals surface area contributed by atoms with Crippen molar-refractivity contribution in [3.63, 3.8) is 0 Å². The smallest absolute Gasteiger partial charge is 0.422 e. The molecule has 2 aromatic carbocycles. The van der Waals surface area contributed by atoms with Crippen molar-refractivity contribution in [1.29, 1.82) is 0 Å². The van der Waals surface area contributed by atoms with E-state index in [0.717, 1.165) is 11.1 Å². The van der Waals surface area contributed by atoms with E-state index in [1.54, 1.807) is 24.3 Å². The zero-order valence-corrected chi connectivity index (χ0v) is 9.63. The summed E-state index contributed by atoms with van der Waals surface area (Å²) >= 11 is 0. The molecule has 1 aliphatic heterocycles. The van der Waals surface area contributed by atoms with Gasteiger partial charge < -0.3 is 4.52 Å². The minimum absolute atomic E-state index is 0.369. The molecule has 0 saturated carbocycles. The number of nitroso groups, excluding NO2 is 1. The molecule has 0 bridgehead atoms. The van der Waals surface area contributed by atoms with Crippen LogP contribution in [-0.2, 0) is 4.57 Å². The summed E-state index contributed by atoms with van der Waals surface area (Å²) in [4.78, 5) is 13.5. The summed E-state index contributed by atoms with van der Waals surface area (Å²) in [6.45, 7) is 0. The van der Waals surface area contributed by atoms with Crippen LogP contribution in [0.3, 0.4) is 0 Å². The molecule has 2 aromatic rings. The molecule has 0 amide bonds. The lowest BCUT2D eigenvalue weighted by Gasteiger charge is -2.23. The predicted octanol–water partition coefficient (Wildman–Crippen LogP) is 3.33. The second-order valence-electron chi connectivity index (χ2n) is 3.71. The van der Waals surface area contributed by atoms with Crippen LogP contribution in [0.15, 0.2) is 53.5 Å². The van der Waals surface area contributed by atoms with Gasteiger partial charge >= 0.3 is 7.52 Å². The Morgan fingerprint density at radius 3 is 2.35 bits per heavy atom. The van der Waals surface area contributed by atoms with Gasteiger partial charge in [0.1, 0.15) is 5.75 Å². The van der Waals surface area contributed by atoms with E-state index in [-0.39, 0.29) is 0 Å². The Kier molecular flexibility index (Phi) is 2.13. The van der Waals surface area contributed by atoms with Gasteiger partial charge in [-0.05, 0) is 12.1 Å². The van der Waals surface area contributed by atoms with E-state index >= 15 is 0 Å². The maximum Gasteiger partial charge on any atom is 0.429 e. The minimum Gasteiger partial charge on any atom is -0.422 e. The Hall–Kier alpha value is -1.93. The fourth-order valence-electron chi connectivity index (χ4n) is 1.96. The van der Waals surface area contributed by atoms with Gasteiger partial charge in [-0.1, -0.05) is 36.4 Å². The van der Waals surface area contributed by atoms with Gasteiger partial charge in [-0.25, -0.2) is 4.57 Å². The highest BCUT2D eigenvalue weighted by atomic mass is 31.2. The number of hydrogen-bond acceptors (Lipinski definition) is 3. The molecule has 0 aromatic heterocycles. The van der Waals surface area contributed by atoms with Gasteiger partial charge in [-0.2, -0.15) is 0 Å². The third kappa shape index (κ3) is 1.41. The average molecular weight is 245 g/mol. The van der Waals surface area contributed by atoms with Crippen molar-refractivity contribution in [3.8, 4) is 16.9 Å². The van der Waals surface area contributed by atoms with Gasteiger partial charge in [0, 0.05) is 16.1 Å². The zero-order chi connectivity index (χ0) is 11.9. The Balaban J connectivity index is 2.38. The monoisotopic (exact) mass is 245 g/mol. The van der Waals surface area contributed by atoms with Gasteiger partial charge in [0.2, 0.25) is 0 Å². The summed E-state index contributed by atoms with van der Waals surface area (Å²) in [5.41, 5.74) is 1.58. The standard InChI is InChI=1S/C12H8NO3P/c14-13-17(15)12-8-4-2-6-10(12)9-5-1-3-7-11(9)16-17/h1-8H. The molecule has 0 N–H and O–H groups in total. The second-order valence-corrected chi connectivity index (χ2v) is 5.58. The van der Waals surface area contributed by atoms with Crippen LogP contribution in [-0.4, -0.2) is 0 Å². The number of rotatable bonds is 1. The molecule has 84 valence electrons. The van der Waals surface area contributed by atoms with E-state index in [1.165, 1.54) is 0 Å². The molecule has 0 spiro atoms. The van der Waals surface area contributed by atoms with Crippen LogP contribution in [0.1, 0.15) is 0 Å². The largest absolute Gasteiger partial charge is 0.429 e. The topological polar surface area (TPSA) is 55.7 Å². The molecule has 4 nitrogen and oxygen atoms in total. The molecule has 3 rings (SSSR count). The molecule has 1 atom stereocenters. The van der Waals surface area contributed by atoms with Crippen molar-refractivity contribution in [3.05, 3.63) is 53.4 Å². The van der Waals surface area contributed by atoms with E-state index in [2.05, 4.69) is 4.95 Å². The Morgan fingerprint density at radius 1 is 0.941 bits per heavy atom. The lowest BCUT2D eigenvalue weighted by atomic mass is 10.0. The van der Waals surface area contributed by atoms with Crippen LogP contribution in [0.4, 0.5) is 0 Å². The summed E-state index contributed by atoms with van der Waals surface area (Å²) < 4.78 is 17.6. The number of para-hydroxylation sites is 1. The molecule has 1 heterocycles. The molecule has 17 heavy (non-hydrogen) atoms. The van der Waals surface area contributed by atoms with Gasteiger partial charge in [-0.3, -0.25) is 0 Å². The fourth-order valence-corrected chi connectivity index (χ4v) is 3.38. The number of hydrogen-bond donors (Lipinski definition) is 0. The number of nitrogens with zero attached hydrogens (tertiary/aromatic N) is 1. The minimum atomic E-state index is -3.65. The summed E-state index contributed by atoms with van der Waals surface area (Å²) in [5.74, 6) is 0.439. The molecule has 0 fully saturated rings. The Morgan fingerprint density at radius 2 is 1.59 bits per heavy atom. The molecular weight excluding hydrogens is 237 g/mol. The first-order valence-corrected chi connectivity index (χ1v) is 6.66. The quantitative estimate of drug-likeness (QED) is 0.572. The van der Waals surface area contributed by atoms with E-state index in [1.807, 2.05) is 24.3 Å². The Labute approximate surface area is 97.7 Å². The maximum atomic E-state index is 12.3. The first-order valence-electron chi connectivity index (χ1n) is 5.08. The fraction of sp³-hybridized carbons (Fsp3) is 0. The molecule has 1 unspecified atom stereocenters. The first-order chi connectivity index (χ1) is 8.24. The third-order valence-electron chi connectivity index (χ3n) is 2.72. The van der Waals surface area contributed by atoms with Gasteiger partial charge in [0.25, 0.3) is 0 Å². The van der Waals surface area contributed by atoms with Gasteiger partial charge in [0.05, 0.1) is 5.30 Å². The molecule has 0 aliphatic carbocycles. The summed E-state index contributed by atoms with van der Waals surface area (Å²) in [7, 11) is -3.65. The highest BCUT2D eigenvalue weighted by Gasteiger charge is 2.37.